The minimum atomic E-state index is -0.128. The molecule has 0 saturated carbocycles. The number of ether oxygens (including phenoxy) is 3. The highest BCUT2D eigenvalue weighted by molar-refractivity contribution is 5.30. The van der Waals surface area contributed by atoms with Crippen molar-refractivity contribution < 1.29 is 14.2 Å². The van der Waals surface area contributed by atoms with Crippen molar-refractivity contribution in [2.75, 3.05) is 13.7 Å². The molecule has 0 aromatic heterocycles. The van der Waals surface area contributed by atoms with Crippen LogP contribution in [0.15, 0.2) is 36.4 Å². The molecule has 0 radical (unpaired) electrons. The first-order valence-corrected chi connectivity index (χ1v) is 5.91. The van der Waals surface area contributed by atoms with Gasteiger partial charge in [0.25, 0.3) is 0 Å². The Hall–Kier alpha value is -1.32. The summed E-state index contributed by atoms with van der Waals surface area (Å²) in [5.41, 5.74) is 1.12. The lowest BCUT2D eigenvalue weighted by Gasteiger charge is -2.26. The van der Waals surface area contributed by atoms with Crippen LogP contribution in [0.1, 0.15) is 25.0 Å². The van der Waals surface area contributed by atoms with E-state index in [0.717, 1.165) is 17.7 Å². The van der Waals surface area contributed by atoms with Gasteiger partial charge in [0.15, 0.2) is 6.29 Å². The highest BCUT2D eigenvalue weighted by Gasteiger charge is 2.19. The molecular weight excluding hydrogens is 216 g/mol. The molecule has 1 aromatic rings. The maximum atomic E-state index is 5.84. The number of hydrogen-bond acceptors (Lipinski definition) is 3. The van der Waals surface area contributed by atoms with E-state index in [1.54, 1.807) is 7.11 Å². The van der Waals surface area contributed by atoms with Crippen LogP contribution < -0.4 is 4.74 Å². The van der Waals surface area contributed by atoms with Crippen molar-refractivity contribution in [3.8, 4) is 5.75 Å². The Kier molecular flexibility index (Phi) is 4.18. The molecule has 2 rings (SSSR count). The zero-order valence-electron chi connectivity index (χ0n) is 10.3. The molecule has 92 valence electrons. The molecule has 0 aliphatic carbocycles. The Morgan fingerprint density at radius 2 is 2.06 bits per heavy atom. The third kappa shape index (κ3) is 3.08. The van der Waals surface area contributed by atoms with Gasteiger partial charge in [-0.05, 0) is 24.6 Å². The molecule has 0 N–H and O–H groups in total. The largest absolute Gasteiger partial charge is 0.497 e. The molecule has 3 heteroatoms. The fourth-order valence-corrected chi connectivity index (χ4v) is 1.85. The normalized spacial score (nSPS) is 23.6. The zero-order chi connectivity index (χ0) is 12.1. The fourth-order valence-electron chi connectivity index (χ4n) is 1.85. The quantitative estimate of drug-likeness (QED) is 0.749. The molecule has 0 saturated heterocycles. The predicted octanol–water partition coefficient (Wildman–Crippen LogP) is 3.08. The van der Waals surface area contributed by atoms with E-state index in [0.29, 0.717) is 6.61 Å². The Labute approximate surface area is 102 Å². The van der Waals surface area contributed by atoms with Crippen molar-refractivity contribution in [2.45, 2.75) is 25.7 Å². The van der Waals surface area contributed by atoms with Crippen molar-refractivity contribution in [2.24, 2.45) is 0 Å². The molecule has 1 heterocycles. The molecule has 0 spiro atoms. The molecule has 0 bridgehead atoms. The van der Waals surface area contributed by atoms with E-state index in [-0.39, 0.29) is 12.4 Å². The maximum absolute atomic E-state index is 5.84. The second kappa shape index (κ2) is 5.84. The van der Waals surface area contributed by atoms with Crippen LogP contribution in [0, 0.1) is 0 Å². The molecule has 17 heavy (non-hydrogen) atoms. The minimum Gasteiger partial charge on any atom is -0.497 e. The highest BCUT2D eigenvalue weighted by Crippen LogP contribution is 2.27. The summed E-state index contributed by atoms with van der Waals surface area (Å²) in [7, 11) is 1.66. The van der Waals surface area contributed by atoms with Crippen LogP contribution in [-0.2, 0) is 9.47 Å². The molecule has 1 aromatic carbocycles. The van der Waals surface area contributed by atoms with Crippen LogP contribution in [0.25, 0.3) is 0 Å². The third-order valence-electron chi connectivity index (χ3n) is 2.73. The SMILES string of the molecule is CCO[C@H]1CC=C[C@@H](c2ccc(OC)cc2)O1. The van der Waals surface area contributed by atoms with Gasteiger partial charge in [0.05, 0.1) is 7.11 Å². The first kappa shape index (κ1) is 12.1. The average Bonchev–Trinajstić information content (AvgIpc) is 2.40. The summed E-state index contributed by atoms with van der Waals surface area (Å²) in [6.07, 6.45) is 4.85. The zero-order valence-corrected chi connectivity index (χ0v) is 10.3. The lowest BCUT2D eigenvalue weighted by molar-refractivity contribution is -0.162. The Morgan fingerprint density at radius 3 is 2.71 bits per heavy atom. The van der Waals surface area contributed by atoms with Gasteiger partial charge in [-0.25, -0.2) is 0 Å². The van der Waals surface area contributed by atoms with Gasteiger partial charge < -0.3 is 14.2 Å². The van der Waals surface area contributed by atoms with Gasteiger partial charge in [0.1, 0.15) is 11.9 Å². The number of benzene rings is 1. The summed E-state index contributed by atoms with van der Waals surface area (Å²) in [6, 6.07) is 7.91. The van der Waals surface area contributed by atoms with Gasteiger partial charge in [0, 0.05) is 13.0 Å². The highest BCUT2D eigenvalue weighted by atomic mass is 16.7. The van der Waals surface area contributed by atoms with Crippen LogP contribution in [0.2, 0.25) is 0 Å². The minimum absolute atomic E-state index is 0.0220. The van der Waals surface area contributed by atoms with Crippen LogP contribution in [0.5, 0.6) is 5.75 Å². The molecule has 1 aliphatic heterocycles. The lowest BCUT2D eigenvalue weighted by Crippen LogP contribution is -2.22. The van der Waals surface area contributed by atoms with Crippen LogP contribution >= 0.6 is 0 Å². The monoisotopic (exact) mass is 234 g/mol. The van der Waals surface area contributed by atoms with Crippen molar-refractivity contribution in [1.82, 2.24) is 0 Å². The summed E-state index contributed by atoms with van der Waals surface area (Å²) in [5.74, 6) is 0.856. The molecule has 0 unspecified atom stereocenters. The predicted molar refractivity (Wildman–Crippen MR) is 66.0 cm³/mol. The van der Waals surface area contributed by atoms with Gasteiger partial charge in [-0.1, -0.05) is 24.3 Å². The standard InChI is InChI=1S/C14H18O3/c1-3-16-14-6-4-5-13(17-14)11-7-9-12(15-2)10-8-11/h4-5,7-10,13-14H,3,6H2,1-2H3/t13-,14+/m0/s1. The molecule has 3 nitrogen and oxygen atoms in total. The second-order valence-electron chi connectivity index (χ2n) is 3.88. The summed E-state index contributed by atoms with van der Waals surface area (Å²) in [6.45, 7) is 2.65. The van der Waals surface area contributed by atoms with E-state index >= 15 is 0 Å². The van der Waals surface area contributed by atoms with Crippen LogP contribution in [0.3, 0.4) is 0 Å². The van der Waals surface area contributed by atoms with Gasteiger partial charge in [-0.3, -0.25) is 0 Å². The van der Waals surface area contributed by atoms with Gasteiger partial charge in [0.2, 0.25) is 0 Å². The molecule has 2 atom stereocenters. The van der Waals surface area contributed by atoms with E-state index < -0.39 is 0 Å². The lowest BCUT2D eigenvalue weighted by atomic mass is 10.1. The first-order valence-electron chi connectivity index (χ1n) is 5.91. The van der Waals surface area contributed by atoms with Crippen molar-refractivity contribution in [3.63, 3.8) is 0 Å². The third-order valence-corrected chi connectivity index (χ3v) is 2.73. The molecule has 0 fully saturated rings. The average molecular weight is 234 g/mol. The van der Waals surface area contributed by atoms with E-state index in [2.05, 4.69) is 12.2 Å². The summed E-state index contributed by atoms with van der Waals surface area (Å²) >= 11 is 0. The van der Waals surface area contributed by atoms with Crippen LogP contribution in [-0.4, -0.2) is 20.0 Å². The number of rotatable bonds is 4. The van der Waals surface area contributed by atoms with E-state index in [1.165, 1.54) is 0 Å². The van der Waals surface area contributed by atoms with E-state index in [9.17, 15) is 0 Å². The number of methoxy groups -OCH3 is 1. The Bertz CT molecular complexity index is 370. The van der Waals surface area contributed by atoms with E-state index in [1.807, 2.05) is 31.2 Å². The van der Waals surface area contributed by atoms with Crippen molar-refractivity contribution >= 4 is 0 Å². The van der Waals surface area contributed by atoms with Gasteiger partial charge in [-0.2, -0.15) is 0 Å². The molecule has 1 aliphatic rings. The Balaban J connectivity index is 2.05. The summed E-state index contributed by atoms with van der Waals surface area (Å²) < 4.78 is 16.5. The molecular formula is C14H18O3. The smallest absolute Gasteiger partial charge is 0.162 e. The van der Waals surface area contributed by atoms with Crippen molar-refractivity contribution in [3.05, 3.63) is 42.0 Å². The number of hydrogen-bond donors (Lipinski definition) is 0. The maximum Gasteiger partial charge on any atom is 0.162 e. The van der Waals surface area contributed by atoms with E-state index in [4.69, 9.17) is 14.2 Å². The first-order chi connectivity index (χ1) is 8.33. The van der Waals surface area contributed by atoms with Crippen LogP contribution in [0.4, 0.5) is 0 Å². The second-order valence-corrected chi connectivity index (χ2v) is 3.88. The van der Waals surface area contributed by atoms with Gasteiger partial charge in [-0.15, -0.1) is 0 Å². The van der Waals surface area contributed by atoms with Crippen molar-refractivity contribution in [1.29, 1.82) is 0 Å². The molecule has 0 amide bonds. The fraction of sp³-hybridized carbons (Fsp3) is 0.429. The topological polar surface area (TPSA) is 27.7 Å². The summed E-state index contributed by atoms with van der Waals surface area (Å²) in [4.78, 5) is 0. The summed E-state index contributed by atoms with van der Waals surface area (Å²) in [5, 5.41) is 0. The van der Waals surface area contributed by atoms with Gasteiger partial charge >= 0.3 is 0 Å². The Morgan fingerprint density at radius 1 is 1.29 bits per heavy atom.